The molecule has 38 heavy (non-hydrogen) atoms. The Labute approximate surface area is 239 Å². The average molecular weight is 589 g/mol. The van der Waals surface area contributed by atoms with E-state index in [2.05, 4.69) is 125 Å². The minimum absolute atomic E-state index is 0.0483. The number of benzene rings is 2. The Hall–Kier alpha value is -3.16. The summed E-state index contributed by atoms with van der Waals surface area (Å²) in [5, 5.41) is 4.31. The molecule has 0 radical (unpaired) electrons. The van der Waals surface area contributed by atoms with Crippen LogP contribution >= 0.6 is 28.1 Å². The van der Waals surface area contributed by atoms with E-state index in [4.69, 9.17) is 17.2 Å². The van der Waals surface area contributed by atoms with Crippen LogP contribution in [0.4, 0.5) is 11.4 Å². The number of aryl methyl sites for hydroxylation is 2. The van der Waals surface area contributed by atoms with E-state index < -0.39 is 0 Å². The van der Waals surface area contributed by atoms with Crippen molar-refractivity contribution in [3.8, 4) is 5.69 Å². The van der Waals surface area contributed by atoms with Gasteiger partial charge in [0.25, 0.3) is 0 Å². The Morgan fingerprint density at radius 1 is 0.947 bits per heavy atom. The fourth-order valence-corrected chi connectivity index (χ4v) is 6.21. The van der Waals surface area contributed by atoms with Crippen molar-refractivity contribution in [3.05, 3.63) is 106 Å². The van der Waals surface area contributed by atoms with Crippen LogP contribution < -0.4 is 15.1 Å². The molecule has 1 N–H and O–H groups in total. The number of thiocarbonyl (C=S) groups is 1. The van der Waals surface area contributed by atoms with Crippen molar-refractivity contribution >= 4 is 44.6 Å². The van der Waals surface area contributed by atoms with Gasteiger partial charge in [0.15, 0.2) is 5.11 Å². The third kappa shape index (κ3) is 4.74. The summed E-state index contributed by atoms with van der Waals surface area (Å²) in [4.78, 5) is 9.34. The molecule has 3 heterocycles. The van der Waals surface area contributed by atoms with Gasteiger partial charge in [-0.2, -0.15) is 0 Å². The van der Waals surface area contributed by atoms with E-state index in [-0.39, 0.29) is 12.1 Å². The maximum atomic E-state index is 5.95. The van der Waals surface area contributed by atoms with Crippen LogP contribution in [0.3, 0.4) is 0 Å². The SMILES string of the molecule is CCN(CC)c1ccc(-n2c(C)cc([C@H]3[C@H](c4ccccn4)NC(=S)N3c3ccc(Br)c(C)c3)c2C)cc1. The maximum absolute atomic E-state index is 5.95. The smallest absolute Gasteiger partial charge is 0.174 e. The van der Waals surface area contributed by atoms with Crippen LogP contribution in [0.1, 0.15) is 54.1 Å². The Balaban J connectivity index is 1.62. The zero-order chi connectivity index (χ0) is 27.0. The number of halogens is 1. The predicted molar refractivity (Wildman–Crippen MR) is 166 cm³/mol. The highest BCUT2D eigenvalue weighted by Gasteiger charge is 2.42. The summed E-state index contributed by atoms with van der Waals surface area (Å²) in [7, 11) is 0. The molecule has 0 spiro atoms. The van der Waals surface area contributed by atoms with Gasteiger partial charge in [-0.3, -0.25) is 4.98 Å². The second-order valence-electron chi connectivity index (χ2n) is 9.78. The summed E-state index contributed by atoms with van der Waals surface area (Å²) in [6.45, 7) is 12.9. The Morgan fingerprint density at radius 3 is 2.29 bits per heavy atom. The number of rotatable bonds is 7. The molecule has 1 fully saturated rings. The van der Waals surface area contributed by atoms with Crippen LogP contribution in [0.5, 0.6) is 0 Å². The van der Waals surface area contributed by atoms with E-state index in [0.29, 0.717) is 5.11 Å². The summed E-state index contributed by atoms with van der Waals surface area (Å²) in [5.41, 5.74) is 9.26. The van der Waals surface area contributed by atoms with Crippen molar-refractivity contribution < 1.29 is 0 Å². The van der Waals surface area contributed by atoms with E-state index in [1.165, 1.54) is 28.2 Å². The Bertz CT molecular complexity index is 1440. The van der Waals surface area contributed by atoms with Gasteiger partial charge >= 0.3 is 0 Å². The second-order valence-corrected chi connectivity index (χ2v) is 11.0. The van der Waals surface area contributed by atoms with E-state index in [0.717, 1.165) is 34.6 Å². The van der Waals surface area contributed by atoms with Crippen molar-refractivity contribution in [2.75, 3.05) is 22.9 Å². The minimum atomic E-state index is -0.0772. The molecule has 5 nitrogen and oxygen atoms in total. The summed E-state index contributed by atoms with van der Waals surface area (Å²) >= 11 is 9.61. The molecule has 4 aromatic rings. The summed E-state index contributed by atoms with van der Waals surface area (Å²) in [6, 6.07) is 23.6. The molecule has 5 rings (SSSR count). The van der Waals surface area contributed by atoms with Crippen LogP contribution in [0, 0.1) is 20.8 Å². The second kappa shape index (κ2) is 10.9. The summed E-state index contributed by atoms with van der Waals surface area (Å²) in [5.74, 6) is 0. The topological polar surface area (TPSA) is 36.3 Å². The van der Waals surface area contributed by atoms with Crippen molar-refractivity contribution in [3.63, 3.8) is 0 Å². The summed E-state index contributed by atoms with van der Waals surface area (Å²) < 4.78 is 3.44. The standard InChI is InChI=1S/C31H34BrN5S/c1-6-35(7-2)23-11-13-24(14-12-23)36-21(4)19-26(22(36)5)30-29(28-10-8-9-17-33-28)34-31(38)37(30)25-15-16-27(32)20(3)18-25/h8-19,29-30H,6-7H2,1-5H3,(H,34,38)/t29-,30-/m0/s1. The number of nitrogens with one attached hydrogen (secondary N) is 1. The van der Waals surface area contributed by atoms with Crippen LogP contribution in [-0.4, -0.2) is 27.8 Å². The minimum Gasteiger partial charge on any atom is -0.372 e. The lowest BCUT2D eigenvalue weighted by Crippen LogP contribution is -2.29. The Morgan fingerprint density at radius 2 is 1.66 bits per heavy atom. The molecule has 1 aliphatic rings. The van der Waals surface area contributed by atoms with Crippen LogP contribution in [0.25, 0.3) is 5.69 Å². The Kier molecular flexibility index (Phi) is 7.59. The van der Waals surface area contributed by atoms with Crippen molar-refractivity contribution in [1.29, 1.82) is 0 Å². The highest BCUT2D eigenvalue weighted by atomic mass is 79.9. The normalized spacial score (nSPS) is 17.1. The highest BCUT2D eigenvalue weighted by molar-refractivity contribution is 9.10. The van der Waals surface area contributed by atoms with Crippen LogP contribution in [0.15, 0.2) is 77.4 Å². The first-order valence-electron chi connectivity index (χ1n) is 13.1. The highest BCUT2D eigenvalue weighted by Crippen LogP contribution is 2.44. The molecule has 7 heteroatoms. The molecule has 0 amide bonds. The average Bonchev–Trinajstić information content (AvgIpc) is 3.42. The number of hydrogen-bond donors (Lipinski definition) is 1. The van der Waals surface area contributed by atoms with Gasteiger partial charge in [0.05, 0.1) is 17.8 Å². The number of pyridine rings is 1. The van der Waals surface area contributed by atoms with Gasteiger partial charge in [-0.1, -0.05) is 22.0 Å². The van der Waals surface area contributed by atoms with Gasteiger partial charge in [-0.05, 0) is 119 Å². The third-order valence-electron chi connectivity index (χ3n) is 7.54. The van der Waals surface area contributed by atoms with Gasteiger partial charge in [0, 0.05) is 52.2 Å². The number of aromatic nitrogens is 2. The molecular weight excluding hydrogens is 554 g/mol. The zero-order valence-corrected chi connectivity index (χ0v) is 25.0. The fraction of sp³-hybridized carbons (Fsp3) is 0.290. The molecular formula is C31H34BrN5S. The monoisotopic (exact) mass is 587 g/mol. The lowest BCUT2D eigenvalue weighted by Gasteiger charge is -2.28. The van der Waals surface area contributed by atoms with Gasteiger partial charge in [0.1, 0.15) is 0 Å². The lowest BCUT2D eigenvalue weighted by atomic mass is 9.96. The van der Waals surface area contributed by atoms with Crippen molar-refractivity contribution in [2.24, 2.45) is 0 Å². The first kappa shape index (κ1) is 26.4. The third-order valence-corrected chi connectivity index (χ3v) is 8.75. The van der Waals surface area contributed by atoms with Gasteiger partial charge in [-0.25, -0.2) is 0 Å². The largest absolute Gasteiger partial charge is 0.372 e. The quantitative estimate of drug-likeness (QED) is 0.225. The van der Waals surface area contributed by atoms with Crippen molar-refractivity contribution in [2.45, 2.75) is 46.7 Å². The number of anilines is 2. The molecule has 1 aliphatic heterocycles. The van der Waals surface area contributed by atoms with Crippen molar-refractivity contribution in [1.82, 2.24) is 14.9 Å². The fourth-order valence-electron chi connectivity index (χ4n) is 5.61. The molecule has 2 aromatic heterocycles. The van der Waals surface area contributed by atoms with E-state index in [9.17, 15) is 0 Å². The predicted octanol–water partition coefficient (Wildman–Crippen LogP) is 7.58. The number of hydrogen-bond acceptors (Lipinski definition) is 3. The molecule has 2 aromatic carbocycles. The maximum Gasteiger partial charge on any atom is 0.174 e. The van der Waals surface area contributed by atoms with Gasteiger partial charge < -0.3 is 19.7 Å². The lowest BCUT2D eigenvalue weighted by molar-refractivity contribution is 0.565. The van der Waals surface area contributed by atoms with E-state index in [1.807, 2.05) is 18.3 Å². The molecule has 2 atom stereocenters. The number of nitrogens with zero attached hydrogens (tertiary/aromatic N) is 4. The van der Waals surface area contributed by atoms with E-state index >= 15 is 0 Å². The molecule has 0 bridgehead atoms. The van der Waals surface area contributed by atoms with Crippen LogP contribution in [-0.2, 0) is 0 Å². The zero-order valence-electron chi connectivity index (χ0n) is 22.6. The molecule has 1 saturated heterocycles. The first-order valence-corrected chi connectivity index (χ1v) is 14.3. The van der Waals surface area contributed by atoms with Gasteiger partial charge in [0.2, 0.25) is 0 Å². The molecule has 196 valence electrons. The van der Waals surface area contributed by atoms with Crippen LogP contribution in [0.2, 0.25) is 0 Å². The first-order chi connectivity index (χ1) is 18.3. The summed E-state index contributed by atoms with van der Waals surface area (Å²) in [6.07, 6.45) is 1.85. The molecule has 0 unspecified atom stereocenters. The molecule has 0 saturated carbocycles. The molecule has 0 aliphatic carbocycles. The van der Waals surface area contributed by atoms with Gasteiger partial charge in [-0.15, -0.1) is 0 Å². The van der Waals surface area contributed by atoms with E-state index in [1.54, 1.807) is 0 Å².